The number of nitrogens with zero attached hydrogens (tertiary/aromatic N) is 2. The van der Waals surface area contributed by atoms with Crippen molar-refractivity contribution in [1.82, 2.24) is 15.1 Å². The van der Waals surface area contributed by atoms with Crippen LogP contribution >= 0.6 is 0 Å². The minimum Gasteiger partial charge on any atom is -0.353 e. The normalized spacial score (nSPS) is 14.3. The van der Waals surface area contributed by atoms with Crippen LogP contribution in [0.15, 0.2) is 42.7 Å². The lowest BCUT2D eigenvalue weighted by Crippen LogP contribution is -2.25. The zero-order valence-electron chi connectivity index (χ0n) is 10.7. The molecular formula is C15H17N3O. The van der Waals surface area contributed by atoms with E-state index in [9.17, 15) is 4.79 Å². The molecule has 0 unspecified atom stereocenters. The van der Waals surface area contributed by atoms with Gasteiger partial charge in [-0.15, -0.1) is 0 Å². The van der Waals surface area contributed by atoms with Crippen molar-refractivity contribution >= 4 is 5.91 Å². The van der Waals surface area contributed by atoms with Crippen LogP contribution in [0.1, 0.15) is 24.8 Å². The summed E-state index contributed by atoms with van der Waals surface area (Å²) in [6.07, 6.45) is 7.37. The molecule has 1 amide bonds. The lowest BCUT2D eigenvalue weighted by atomic mass is 10.2. The maximum Gasteiger partial charge on any atom is 0.220 e. The number of aromatic nitrogens is 2. The number of carbonyl (C=O) groups is 1. The minimum absolute atomic E-state index is 0.148. The van der Waals surface area contributed by atoms with E-state index in [1.165, 1.54) is 0 Å². The van der Waals surface area contributed by atoms with Crippen LogP contribution in [0.25, 0.3) is 5.69 Å². The Morgan fingerprint density at radius 2 is 2.11 bits per heavy atom. The lowest BCUT2D eigenvalue weighted by molar-refractivity contribution is -0.121. The van der Waals surface area contributed by atoms with Gasteiger partial charge in [0, 0.05) is 18.7 Å². The van der Waals surface area contributed by atoms with E-state index in [0.717, 1.165) is 30.5 Å². The highest BCUT2D eigenvalue weighted by molar-refractivity contribution is 5.76. The predicted octanol–water partition coefficient (Wildman–Crippen LogP) is 2.08. The summed E-state index contributed by atoms with van der Waals surface area (Å²) in [5.74, 6) is 0.148. The van der Waals surface area contributed by atoms with E-state index in [2.05, 4.69) is 10.4 Å². The van der Waals surface area contributed by atoms with Crippen molar-refractivity contribution in [2.24, 2.45) is 0 Å². The Kier molecular flexibility index (Phi) is 3.31. The fourth-order valence-corrected chi connectivity index (χ4v) is 2.00. The third-order valence-electron chi connectivity index (χ3n) is 3.24. The molecule has 1 fully saturated rings. The average Bonchev–Trinajstić information content (AvgIpc) is 3.12. The Labute approximate surface area is 112 Å². The Balaban J connectivity index is 1.57. The molecular weight excluding hydrogens is 238 g/mol. The Morgan fingerprint density at radius 3 is 2.84 bits per heavy atom. The highest BCUT2D eigenvalue weighted by atomic mass is 16.1. The Bertz CT molecular complexity index is 558. The first-order valence-corrected chi connectivity index (χ1v) is 6.69. The maximum absolute atomic E-state index is 11.6. The summed E-state index contributed by atoms with van der Waals surface area (Å²) < 4.78 is 1.84. The van der Waals surface area contributed by atoms with Crippen LogP contribution in [0.5, 0.6) is 0 Å². The maximum atomic E-state index is 11.6. The quantitative estimate of drug-likeness (QED) is 0.889. The van der Waals surface area contributed by atoms with Crippen molar-refractivity contribution in [3.8, 4) is 5.69 Å². The minimum atomic E-state index is 0.148. The molecule has 1 aliphatic carbocycles. The number of benzene rings is 1. The molecule has 1 aromatic heterocycles. The van der Waals surface area contributed by atoms with Crippen LogP contribution in [0.2, 0.25) is 0 Å². The fraction of sp³-hybridized carbons (Fsp3) is 0.333. The second-order valence-corrected chi connectivity index (χ2v) is 4.97. The summed E-state index contributed by atoms with van der Waals surface area (Å²) in [4.78, 5) is 11.6. The molecule has 1 aliphatic rings. The van der Waals surface area contributed by atoms with Crippen molar-refractivity contribution in [3.63, 3.8) is 0 Å². The largest absolute Gasteiger partial charge is 0.353 e. The first-order chi connectivity index (χ1) is 9.31. The van der Waals surface area contributed by atoms with Gasteiger partial charge in [-0.05, 0) is 37.0 Å². The summed E-state index contributed by atoms with van der Waals surface area (Å²) >= 11 is 0. The molecule has 4 nitrogen and oxygen atoms in total. The van der Waals surface area contributed by atoms with E-state index in [4.69, 9.17) is 0 Å². The van der Waals surface area contributed by atoms with Gasteiger partial charge in [-0.3, -0.25) is 4.79 Å². The summed E-state index contributed by atoms with van der Waals surface area (Å²) in [7, 11) is 0. The first kappa shape index (κ1) is 12.0. The molecule has 4 heteroatoms. The van der Waals surface area contributed by atoms with Crippen LogP contribution in [-0.4, -0.2) is 21.7 Å². The van der Waals surface area contributed by atoms with Crippen LogP contribution in [0, 0.1) is 0 Å². The van der Waals surface area contributed by atoms with Gasteiger partial charge < -0.3 is 5.32 Å². The monoisotopic (exact) mass is 255 g/mol. The Morgan fingerprint density at radius 1 is 1.32 bits per heavy atom. The molecule has 0 atom stereocenters. The van der Waals surface area contributed by atoms with Gasteiger partial charge in [-0.25, -0.2) is 4.68 Å². The summed E-state index contributed by atoms with van der Waals surface area (Å²) in [5, 5.41) is 7.32. The standard InChI is InChI=1S/C15H17N3O/c19-15(17-13-7-8-13)9-6-12-10-16-18(11-12)14-4-2-1-3-5-14/h1-5,10-11,13H,6-9H2,(H,17,19). The van der Waals surface area contributed by atoms with Crippen LogP contribution < -0.4 is 5.32 Å². The van der Waals surface area contributed by atoms with Crippen molar-refractivity contribution in [3.05, 3.63) is 48.3 Å². The molecule has 0 bridgehead atoms. The zero-order chi connectivity index (χ0) is 13.1. The molecule has 0 saturated heterocycles. The third-order valence-corrected chi connectivity index (χ3v) is 3.24. The van der Waals surface area contributed by atoms with Gasteiger partial charge in [-0.2, -0.15) is 5.10 Å². The van der Waals surface area contributed by atoms with Gasteiger partial charge in [-0.1, -0.05) is 18.2 Å². The second kappa shape index (κ2) is 5.26. The SMILES string of the molecule is O=C(CCc1cnn(-c2ccccc2)c1)NC1CC1. The number of aryl methyl sites for hydroxylation is 1. The van der Waals surface area contributed by atoms with Crippen molar-refractivity contribution in [1.29, 1.82) is 0 Å². The molecule has 98 valence electrons. The molecule has 19 heavy (non-hydrogen) atoms. The smallest absolute Gasteiger partial charge is 0.220 e. The zero-order valence-corrected chi connectivity index (χ0v) is 10.7. The highest BCUT2D eigenvalue weighted by Gasteiger charge is 2.22. The van der Waals surface area contributed by atoms with Crippen LogP contribution in [-0.2, 0) is 11.2 Å². The lowest BCUT2D eigenvalue weighted by Gasteiger charge is -2.01. The average molecular weight is 255 g/mol. The van der Waals surface area contributed by atoms with Crippen molar-refractivity contribution in [2.45, 2.75) is 31.7 Å². The molecule has 0 radical (unpaired) electrons. The van der Waals surface area contributed by atoms with Crippen molar-refractivity contribution in [2.75, 3.05) is 0 Å². The summed E-state index contributed by atoms with van der Waals surface area (Å²) in [6, 6.07) is 10.4. The molecule has 1 saturated carbocycles. The topological polar surface area (TPSA) is 46.9 Å². The molecule has 0 aliphatic heterocycles. The van der Waals surface area contributed by atoms with Gasteiger partial charge in [0.25, 0.3) is 0 Å². The summed E-state index contributed by atoms with van der Waals surface area (Å²) in [5.41, 5.74) is 2.13. The Hall–Kier alpha value is -2.10. The number of hydrogen-bond donors (Lipinski definition) is 1. The molecule has 2 aromatic rings. The number of carbonyl (C=O) groups excluding carboxylic acids is 1. The van der Waals surface area contributed by atoms with E-state index in [-0.39, 0.29) is 5.91 Å². The van der Waals surface area contributed by atoms with Gasteiger partial charge in [0.15, 0.2) is 0 Å². The fourth-order valence-electron chi connectivity index (χ4n) is 2.00. The molecule has 1 heterocycles. The molecule has 1 N–H and O–H groups in total. The number of amides is 1. The van der Waals surface area contributed by atoms with Gasteiger partial charge in [0.1, 0.15) is 0 Å². The molecule has 3 rings (SSSR count). The third kappa shape index (κ3) is 3.22. The number of nitrogens with one attached hydrogen (secondary N) is 1. The van der Waals surface area contributed by atoms with E-state index in [0.29, 0.717) is 12.5 Å². The van der Waals surface area contributed by atoms with Crippen LogP contribution in [0.4, 0.5) is 0 Å². The summed E-state index contributed by atoms with van der Waals surface area (Å²) in [6.45, 7) is 0. The van der Waals surface area contributed by atoms with Gasteiger partial charge in [0.2, 0.25) is 5.91 Å². The second-order valence-electron chi connectivity index (χ2n) is 4.97. The number of para-hydroxylation sites is 1. The van der Waals surface area contributed by atoms with Crippen LogP contribution in [0.3, 0.4) is 0 Å². The van der Waals surface area contributed by atoms with Gasteiger partial charge >= 0.3 is 0 Å². The first-order valence-electron chi connectivity index (χ1n) is 6.69. The van der Waals surface area contributed by atoms with Gasteiger partial charge in [0.05, 0.1) is 11.9 Å². The molecule has 1 aromatic carbocycles. The van der Waals surface area contributed by atoms with E-state index in [1.807, 2.05) is 47.4 Å². The highest BCUT2D eigenvalue weighted by Crippen LogP contribution is 2.18. The predicted molar refractivity (Wildman–Crippen MR) is 73.0 cm³/mol. The van der Waals surface area contributed by atoms with E-state index in [1.54, 1.807) is 0 Å². The molecule has 0 spiro atoms. The van der Waals surface area contributed by atoms with E-state index < -0.39 is 0 Å². The van der Waals surface area contributed by atoms with E-state index >= 15 is 0 Å². The number of rotatable bonds is 5. The van der Waals surface area contributed by atoms with Crippen molar-refractivity contribution < 1.29 is 4.79 Å². The number of hydrogen-bond acceptors (Lipinski definition) is 2.